The van der Waals surface area contributed by atoms with Gasteiger partial charge in [-0.2, -0.15) is 0 Å². The minimum Gasteiger partial charge on any atom is -0.465 e. The van der Waals surface area contributed by atoms with E-state index in [9.17, 15) is 14.4 Å². The molecule has 160 valence electrons. The van der Waals surface area contributed by atoms with E-state index in [1.165, 1.54) is 31.0 Å². The number of hydrogen-bond donors (Lipinski definition) is 1. The minimum absolute atomic E-state index is 0.0457. The van der Waals surface area contributed by atoms with E-state index in [0.29, 0.717) is 27.9 Å². The Morgan fingerprint density at radius 3 is 2.61 bits per heavy atom. The number of aliphatic imine (C=N–C) groups is 1. The molecule has 0 saturated carbocycles. The fourth-order valence-corrected chi connectivity index (χ4v) is 4.19. The highest BCUT2D eigenvalue weighted by atomic mass is 32.2. The summed E-state index contributed by atoms with van der Waals surface area (Å²) in [5, 5.41) is 3.02. The summed E-state index contributed by atoms with van der Waals surface area (Å²) >= 11 is 1.18. The highest BCUT2D eigenvalue weighted by Crippen LogP contribution is 2.35. The zero-order valence-corrected chi connectivity index (χ0v) is 17.6. The van der Waals surface area contributed by atoms with E-state index in [4.69, 9.17) is 9.47 Å². The third-order valence-corrected chi connectivity index (χ3v) is 5.89. The van der Waals surface area contributed by atoms with Gasteiger partial charge in [-0.05, 0) is 36.4 Å². The maximum atomic E-state index is 12.9. The number of amides is 2. The van der Waals surface area contributed by atoms with E-state index < -0.39 is 11.2 Å². The first-order valence-electron chi connectivity index (χ1n) is 9.35. The lowest BCUT2D eigenvalue weighted by Crippen LogP contribution is -2.31. The number of carbonyl (C=O) groups excluding carboxylic acids is 3. The zero-order chi connectivity index (χ0) is 22.0. The van der Waals surface area contributed by atoms with Crippen molar-refractivity contribution in [2.45, 2.75) is 11.7 Å². The van der Waals surface area contributed by atoms with Crippen molar-refractivity contribution in [3.63, 3.8) is 0 Å². The molecule has 2 heterocycles. The quantitative estimate of drug-likeness (QED) is 0.334. The molecule has 0 radical (unpaired) electrons. The minimum atomic E-state index is -0.618. The maximum Gasteiger partial charge on any atom is 0.337 e. The second kappa shape index (κ2) is 8.68. The van der Waals surface area contributed by atoms with Gasteiger partial charge in [0.2, 0.25) is 18.6 Å². The number of ether oxygens (including phenoxy) is 3. The molecule has 1 fully saturated rings. The summed E-state index contributed by atoms with van der Waals surface area (Å²) < 4.78 is 15.3. The number of nitrogens with one attached hydrogen (secondary N) is 1. The third kappa shape index (κ3) is 4.19. The highest BCUT2D eigenvalue weighted by Gasteiger charge is 2.40. The number of methoxy groups -OCH3 is 1. The summed E-state index contributed by atoms with van der Waals surface area (Å²) in [7, 11) is 2.89. The summed E-state index contributed by atoms with van der Waals surface area (Å²) in [6, 6.07) is 11.5. The fraction of sp³-hybridized carbons (Fsp3) is 0.238. The van der Waals surface area contributed by atoms with Crippen molar-refractivity contribution in [3.05, 3.63) is 48.0 Å². The van der Waals surface area contributed by atoms with Gasteiger partial charge in [-0.15, -0.1) is 0 Å². The van der Waals surface area contributed by atoms with Gasteiger partial charge in [0.25, 0.3) is 0 Å². The van der Waals surface area contributed by atoms with Crippen molar-refractivity contribution in [1.82, 2.24) is 0 Å². The van der Waals surface area contributed by atoms with Gasteiger partial charge < -0.3 is 19.5 Å². The summed E-state index contributed by atoms with van der Waals surface area (Å²) in [6.45, 7) is 0.178. The Morgan fingerprint density at radius 1 is 1.16 bits per heavy atom. The molecule has 31 heavy (non-hydrogen) atoms. The van der Waals surface area contributed by atoms with Crippen molar-refractivity contribution < 1.29 is 28.6 Å². The molecule has 2 aromatic carbocycles. The first-order valence-corrected chi connectivity index (χ1v) is 10.2. The molecule has 2 aliphatic heterocycles. The molecule has 1 N–H and O–H groups in total. The van der Waals surface area contributed by atoms with Gasteiger partial charge in [0.1, 0.15) is 5.25 Å². The SMILES string of the molecule is CN=C(Nc1ccc2c(c1)OCO2)S[C@@H]1CC(=O)N(c2ccc(C(=O)OC)cc2)C1=O. The standard InChI is InChI=1S/C21H19N3O6S/c1-22-21(23-13-5-8-15-16(9-13)30-11-29-15)31-17-10-18(25)24(19(17)26)14-6-3-12(4-7-14)20(27)28-2/h3-9,17H,10-11H2,1-2H3,(H,22,23)/t17-/m1/s1. The van der Waals surface area contributed by atoms with E-state index in [-0.39, 0.29) is 25.0 Å². The van der Waals surface area contributed by atoms with Crippen molar-refractivity contribution in [3.8, 4) is 11.5 Å². The molecule has 0 bridgehead atoms. The van der Waals surface area contributed by atoms with Crippen molar-refractivity contribution >= 4 is 46.1 Å². The van der Waals surface area contributed by atoms with Crippen LogP contribution < -0.4 is 19.7 Å². The number of carbonyl (C=O) groups is 3. The first-order chi connectivity index (χ1) is 15.0. The predicted octanol–water partition coefficient (Wildman–Crippen LogP) is 2.66. The zero-order valence-electron chi connectivity index (χ0n) is 16.8. The normalized spacial score (nSPS) is 17.8. The largest absolute Gasteiger partial charge is 0.465 e. The summed E-state index contributed by atoms with van der Waals surface area (Å²) in [4.78, 5) is 42.4. The molecule has 2 aromatic rings. The number of hydrogen-bond acceptors (Lipinski definition) is 8. The van der Waals surface area contributed by atoms with Crippen LogP contribution in [0.25, 0.3) is 0 Å². The Labute approximate surface area is 182 Å². The van der Waals surface area contributed by atoms with Crippen LogP contribution in [0, 0.1) is 0 Å². The summed E-state index contributed by atoms with van der Waals surface area (Å²) in [5.41, 5.74) is 1.47. The Bertz CT molecular complexity index is 1070. The van der Waals surface area contributed by atoms with Crippen LogP contribution in [0.2, 0.25) is 0 Å². The van der Waals surface area contributed by atoms with E-state index in [1.54, 1.807) is 31.3 Å². The molecule has 2 amide bonds. The summed E-state index contributed by atoms with van der Waals surface area (Å²) in [6.07, 6.45) is 0.0457. The van der Waals surface area contributed by atoms with Crippen LogP contribution in [0.3, 0.4) is 0 Å². The second-order valence-electron chi connectivity index (χ2n) is 6.64. The van der Waals surface area contributed by atoms with Gasteiger partial charge in [-0.1, -0.05) is 11.8 Å². The first kappa shape index (κ1) is 20.7. The van der Waals surface area contributed by atoms with Crippen LogP contribution in [-0.2, 0) is 14.3 Å². The van der Waals surface area contributed by atoms with Crippen LogP contribution in [-0.4, -0.2) is 49.2 Å². The number of fused-ring (bicyclic) bond motifs is 1. The third-order valence-electron chi connectivity index (χ3n) is 4.73. The fourth-order valence-electron chi connectivity index (χ4n) is 3.20. The van der Waals surface area contributed by atoms with Crippen LogP contribution >= 0.6 is 11.8 Å². The van der Waals surface area contributed by atoms with Gasteiger partial charge in [-0.3, -0.25) is 14.6 Å². The molecular formula is C21H19N3O6S. The molecule has 0 aromatic heterocycles. The van der Waals surface area contributed by atoms with E-state index in [2.05, 4.69) is 15.0 Å². The lowest BCUT2D eigenvalue weighted by atomic mass is 10.2. The molecule has 0 spiro atoms. The van der Waals surface area contributed by atoms with E-state index in [1.807, 2.05) is 6.07 Å². The number of benzene rings is 2. The monoisotopic (exact) mass is 441 g/mol. The van der Waals surface area contributed by atoms with Crippen molar-refractivity contribution in [2.24, 2.45) is 4.99 Å². The Balaban J connectivity index is 1.44. The number of amidine groups is 1. The topological polar surface area (TPSA) is 107 Å². The van der Waals surface area contributed by atoms with Crippen LogP contribution in [0.4, 0.5) is 11.4 Å². The van der Waals surface area contributed by atoms with Gasteiger partial charge >= 0.3 is 5.97 Å². The molecule has 0 aliphatic carbocycles. The van der Waals surface area contributed by atoms with Crippen LogP contribution in [0.15, 0.2) is 47.5 Å². The smallest absolute Gasteiger partial charge is 0.337 e. The number of imide groups is 1. The highest BCUT2D eigenvalue weighted by molar-refractivity contribution is 8.15. The number of anilines is 2. The lowest BCUT2D eigenvalue weighted by molar-refractivity contribution is -0.121. The summed E-state index contributed by atoms with van der Waals surface area (Å²) in [5.74, 6) is 0.150. The molecule has 10 heteroatoms. The van der Waals surface area contributed by atoms with Crippen LogP contribution in [0.1, 0.15) is 16.8 Å². The Morgan fingerprint density at radius 2 is 1.90 bits per heavy atom. The molecule has 1 atom stereocenters. The number of nitrogens with zero attached hydrogens (tertiary/aromatic N) is 2. The average Bonchev–Trinajstić information content (AvgIpc) is 3.36. The van der Waals surface area contributed by atoms with Crippen molar-refractivity contribution in [1.29, 1.82) is 0 Å². The molecular weight excluding hydrogens is 422 g/mol. The molecule has 2 aliphatic rings. The van der Waals surface area contributed by atoms with Crippen LogP contribution in [0.5, 0.6) is 11.5 Å². The molecule has 4 rings (SSSR count). The molecule has 1 saturated heterocycles. The van der Waals surface area contributed by atoms with Gasteiger partial charge in [-0.25, -0.2) is 9.69 Å². The van der Waals surface area contributed by atoms with Gasteiger partial charge in [0, 0.05) is 25.2 Å². The predicted molar refractivity (Wildman–Crippen MR) is 116 cm³/mol. The van der Waals surface area contributed by atoms with E-state index >= 15 is 0 Å². The lowest BCUT2D eigenvalue weighted by Gasteiger charge is -2.16. The van der Waals surface area contributed by atoms with Gasteiger partial charge in [0.05, 0.1) is 18.4 Å². The van der Waals surface area contributed by atoms with E-state index in [0.717, 1.165) is 10.6 Å². The maximum absolute atomic E-state index is 12.9. The Kier molecular flexibility index (Phi) is 5.81. The van der Waals surface area contributed by atoms with Gasteiger partial charge in [0.15, 0.2) is 16.7 Å². The Hall–Kier alpha value is -3.53. The van der Waals surface area contributed by atoms with Crippen molar-refractivity contribution in [2.75, 3.05) is 31.2 Å². The molecule has 9 nitrogen and oxygen atoms in total. The number of thioether (sulfide) groups is 1. The second-order valence-corrected chi connectivity index (χ2v) is 7.83. The average molecular weight is 441 g/mol. The number of esters is 1. The molecule has 0 unspecified atom stereocenters. The number of rotatable bonds is 4.